The Kier molecular flexibility index (Phi) is 8.16. The number of halogens is 2. The lowest BCUT2D eigenvalue weighted by Crippen LogP contribution is -2.54. The van der Waals surface area contributed by atoms with Crippen LogP contribution in [0.15, 0.2) is 42.7 Å². The summed E-state index contributed by atoms with van der Waals surface area (Å²) in [5, 5.41) is 12.3. The normalized spacial score (nSPS) is 20.5. The van der Waals surface area contributed by atoms with E-state index >= 15 is 0 Å². The Morgan fingerprint density at radius 2 is 2.00 bits per heavy atom. The summed E-state index contributed by atoms with van der Waals surface area (Å²) < 4.78 is 34.8. The number of carbonyl (C=O) groups excluding carboxylic acids is 1. The Hall–Kier alpha value is -4.23. The van der Waals surface area contributed by atoms with Crippen LogP contribution in [0.5, 0.6) is 5.88 Å². The summed E-state index contributed by atoms with van der Waals surface area (Å²) in [5.41, 5.74) is 4.52. The van der Waals surface area contributed by atoms with Crippen LogP contribution in [0.25, 0.3) is 10.8 Å². The van der Waals surface area contributed by atoms with Gasteiger partial charge in [-0.15, -0.1) is 0 Å². The molecule has 0 N–H and O–H groups in total. The van der Waals surface area contributed by atoms with Crippen LogP contribution in [0.2, 0.25) is 0 Å². The molecule has 0 radical (unpaired) electrons. The van der Waals surface area contributed by atoms with Crippen molar-refractivity contribution in [2.45, 2.75) is 51.7 Å². The molecule has 2 aromatic carbocycles. The average Bonchev–Trinajstić information content (AvgIpc) is 3.44. The van der Waals surface area contributed by atoms with Crippen LogP contribution in [0.3, 0.4) is 0 Å². The number of hydrogen-bond donors (Lipinski definition) is 0. The second-order valence-electron chi connectivity index (χ2n) is 12.2. The summed E-state index contributed by atoms with van der Waals surface area (Å²) in [7, 11) is 2.08. The first-order valence-corrected chi connectivity index (χ1v) is 15.3. The summed E-state index contributed by atoms with van der Waals surface area (Å²) in [4.78, 5) is 25.5. The van der Waals surface area contributed by atoms with Crippen molar-refractivity contribution in [1.29, 1.82) is 5.26 Å². The molecule has 6 rings (SSSR count). The molecule has 0 bridgehead atoms. The van der Waals surface area contributed by atoms with Crippen molar-refractivity contribution < 1.29 is 18.3 Å². The van der Waals surface area contributed by atoms with Crippen molar-refractivity contribution in [3.63, 3.8) is 0 Å². The highest BCUT2D eigenvalue weighted by molar-refractivity contribution is 5.97. The van der Waals surface area contributed by atoms with E-state index in [2.05, 4.69) is 34.4 Å². The molecule has 2 unspecified atom stereocenters. The smallest absolute Gasteiger partial charge is 0.282 e. The Bertz CT molecular complexity index is 1670. The number of hydrogen-bond acceptors (Lipinski definition) is 7. The number of ether oxygens (including phenoxy) is 1. The first-order valence-electron chi connectivity index (χ1n) is 15.3. The van der Waals surface area contributed by atoms with Crippen molar-refractivity contribution in [2.75, 3.05) is 56.2 Å². The van der Waals surface area contributed by atoms with Gasteiger partial charge in [0, 0.05) is 54.9 Å². The zero-order valence-corrected chi connectivity index (χ0v) is 25.6. The number of piperazine rings is 1. The molecular weight excluding hydrogens is 562 g/mol. The predicted molar refractivity (Wildman–Crippen MR) is 167 cm³/mol. The number of nitrogens with zero attached hydrogens (tertiary/aromatic N) is 6. The molecule has 44 heavy (non-hydrogen) atoms. The van der Waals surface area contributed by atoms with Crippen LogP contribution in [0, 0.1) is 24.1 Å². The van der Waals surface area contributed by atoms with Crippen LogP contribution in [-0.2, 0) is 17.8 Å². The van der Waals surface area contributed by atoms with E-state index in [9.17, 15) is 18.8 Å². The fourth-order valence-electron chi connectivity index (χ4n) is 7.05. The monoisotopic (exact) mass is 600 g/mol. The van der Waals surface area contributed by atoms with E-state index in [1.54, 1.807) is 0 Å². The van der Waals surface area contributed by atoms with Gasteiger partial charge in [-0.1, -0.05) is 24.8 Å². The van der Waals surface area contributed by atoms with Gasteiger partial charge in [0.2, 0.25) is 5.88 Å². The molecule has 0 aliphatic carbocycles. The summed E-state index contributed by atoms with van der Waals surface area (Å²) in [5.74, 6) is -1.60. The van der Waals surface area contributed by atoms with Gasteiger partial charge in [0.15, 0.2) is 5.83 Å². The molecule has 8 nitrogen and oxygen atoms in total. The quantitative estimate of drug-likeness (QED) is 0.364. The average molecular weight is 601 g/mol. The summed E-state index contributed by atoms with van der Waals surface area (Å²) in [6.45, 7) is 10.6. The first kappa shape index (κ1) is 29.8. The third-order valence-electron chi connectivity index (χ3n) is 9.48. The summed E-state index contributed by atoms with van der Waals surface area (Å²) in [6, 6.07) is 11.7. The van der Waals surface area contributed by atoms with E-state index in [1.165, 1.54) is 11.0 Å². The van der Waals surface area contributed by atoms with Crippen LogP contribution in [0.4, 0.5) is 20.2 Å². The lowest BCUT2D eigenvalue weighted by Gasteiger charge is -2.42. The van der Waals surface area contributed by atoms with E-state index < -0.39 is 11.7 Å². The van der Waals surface area contributed by atoms with Crippen molar-refractivity contribution in [3.8, 4) is 11.9 Å². The molecule has 3 aliphatic heterocycles. The highest BCUT2D eigenvalue weighted by atomic mass is 19.1. The number of pyridine rings is 1. The van der Waals surface area contributed by atoms with Gasteiger partial charge in [0.05, 0.1) is 17.9 Å². The van der Waals surface area contributed by atoms with Crippen LogP contribution >= 0.6 is 0 Å². The van der Waals surface area contributed by atoms with Gasteiger partial charge in [-0.3, -0.25) is 4.79 Å². The van der Waals surface area contributed by atoms with E-state index in [0.29, 0.717) is 62.8 Å². The third kappa shape index (κ3) is 5.34. The zero-order chi connectivity index (χ0) is 31.1. The summed E-state index contributed by atoms with van der Waals surface area (Å²) >= 11 is 0. The number of anilines is 2. The van der Waals surface area contributed by atoms with Gasteiger partial charge in [0.1, 0.15) is 24.1 Å². The highest BCUT2D eigenvalue weighted by Gasteiger charge is 2.35. The largest absolute Gasteiger partial charge is 0.475 e. The molecule has 230 valence electrons. The molecule has 4 heterocycles. The number of fused-ring (bicyclic) bond motifs is 2. The maximum Gasteiger partial charge on any atom is 0.282 e. The Labute approximate surface area is 257 Å². The maximum atomic E-state index is 14.7. The second-order valence-corrected chi connectivity index (χ2v) is 12.2. The van der Waals surface area contributed by atoms with Crippen molar-refractivity contribution in [1.82, 2.24) is 14.8 Å². The maximum absolute atomic E-state index is 14.7. The van der Waals surface area contributed by atoms with Crippen LogP contribution in [0.1, 0.15) is 42.1 Å². The van der Waals surface area contributed by atoms with Crippen molar-refractivity contribution in [3.05, 3.63) is 70.9 Å². The SMILES string of the molecule is C=C(F)C(=O)N1CCN(c2c(C#N)c(OCC3CCCN3C)nc3c2CCN(c2cccc4ccc(F)c(C)c24)C3)CC1C. The van der Waals surface area contributed by atoms with Gasteiger partial charge in [0.25, 0.3) is 5.91 Å². The molecule has 1 amide bonds. The standard InChI is InChI=1S/C34H38F2N6O2/c1-21-18-41(15-16-42(21)34(43)23(3)35)32-26-12-14-40(30-9-5-7-24-10-11-28(36)22(2)31(24)30)19-29(26)38-33(27(32)17-37)44-20-25-8-6-13-39(25)4/h5,7,9-11,21,25H,3,6,8,12-16,18-20H2,1-2,4H3. The number of aryl methyl sites for hydroxylation is 1. The number of rotatable bonds is 6. The third-order valence-corrected chi connectivity index (χ3v) is 9.48. The lowest BCUT2D eigenvalue weighted by atomic mass is 9.96. The fourth-order valence-corrected chi connectivity index (χ4v) is 7.05. The number of likely N-dealkylation sites (N-methyl/N-ethyl adjacent to an activating group) is 1. The first-order chi connectivity index (χ1) is 21.2. The number of aromatic nitrogens is 1. The fraction of sp³-hybridized carbons (Fsp3) is 0.441. The molecule has 0 spiro atoms. The van der Waals surface area contributed by atoms with E-state index in [4.69, 9.17) is 9.72 Å². The second kappa shape index (κ2) is 12.0. The van der Waals surface area contributed by atoms with Gasteiger partial charge < -0.3 is 24.3 Å². The summed E-state index contributed by atoms with van der Waals surface area (Å²) in [6.07, 6.45) is 2.75. The molecule has 3 aromatic rings. The van der Waals surface area contributed by atoms with Crippen molar-refractivity contribution in [2.24, 2.45) is 0 Å². The molecule has 3 aliphatic rings. The number of nitriles is 1. The van der Waals surface area contributed by atoms with Crippen LogP contribution in [-0.4, -0.2) is 79.2 Å². The zero-order valence-electron chi connectivity index (χ0n) is 25.6. The number of amides is 1. The molecule has 2 atom stereocenters. The molecule has 2 saturated heterocycles. The minimum absolute atomic E-state index is 0.239. The van der Waals surface area contributed by atoms with Gasteiger partial charge in [-0.25, -0.2) is 13.8 Å². The highest BCUT2D eigenvalue weighted by Crippen LogP contribution is 2.40. The topological polar surface area (TPSA) is 75.9 Å². The Morgan fingerprint density at radius 1 is 1.18 bits per heavy atom. The van der Waals surface area contributed by atoms with E-state index in [1.807, 2.05) is 38.1 Å². The number of carbonyl (C=O) groups is 1. The van der Waals surface area contributed by atoms with Crippen LogP contribution < -0.4 is 14.5 Å². The Balaban J connectivity index is 1.39. The molecular formula is C34H38F2N6O2. The number of likely N-dealkylation sites (tertiary alicyclic amines) is 1. The molecule has 10 heteroatoms. The molecule has 2 fully saturated rings. The van der Waals surface area contributed by atoms with E-state index in [0.717, 1.165) is 52.8 Å². The van der Waals surface area contributed by atoms with Gasteiger partial charge >= 0.3 is 0 Å². The lowest BCUT2D eigenvalue weighted by molar-refractivity contribution is -0.131. The molecule has 0 saturated carbocycles. The predicted octanol–water partition coefficient (Wildman–Crippen LogP) is 5.11. The Morgan fingerprint density at radius 3 is 2.70 bits per heavy atom. The van der Waals surface area contributed by atoms with Crippen molar-refractivity contribution >= 4 is 28.1 Å². The molecule has 1 aromatic heterocycles. The minimum Gasteiger partial charge on any atom is -0.475 e. The number of benzene rings is 2. The minimum atomic E-state index is -0.972. The van der Waals surface area contributed by atoms with Gasteiger partial charge in [-0.05, 0) is 69.8 Å². The van der Waals surface area contributed by atoms with Gasteiger partial charge in [-0.2, -0.15) is 5.26 Å². The van der Waals surface area contributed by atoms with E-state index in [-0.39, 0.29) is 17.9 Å².